The summed E-state index contributed by atoms with van der Waals surface area (Å²) in [4.78, 5) is 13.1. The van der Waals surface area contributed by atoms with E-state index in [9.17, 15) is 9.90 Å². The molecule has 1 N–H and O–H groups in total. The Balaban J connectivity index is 1.89. The molecule has 2 aromatic carbocycles. The summed E-state index contributed by atoms with van der Waals surface area (Å²) in [7, 11) is 0. The first-order valence-corrected chi connectivity index (χ1v) is 9.42. The fourth-order valence-electron chi connectivity index (χ4n) is 2.70. The van der Waals surface area contributed by atoms with Gasteiger partial charge in [0.2, 0.25) is 11.6 Å². The molecule has 0 aliphatic carbocycles. The van der Waals surface area contributed by atoms with Gasteiger partial charge in [-0.2, -0.15) is 0 Å². The molecule has 4 aromatic rings. The summed E-state index contributed by atoms with van der Waals surface area (Å²) in [5.74, 6) is -0.302. The van der Waals surface area contributed by atoms with Crippen LogP contribution in [-0.4, -0.2) is 24.7 Å². The van der Waals surface area contributed by atoms with Gasteiger partial charge in [0, 0.05) is 0 Å². The molecule has 0 amide bonds. The van der Waals surface area contributed by atoms with Gasteiger partial charge < -0.3 is 5.11 Å². The van der Waals surface area contributed by atoms with E-state index in [0.717, 1.165) is 11.4 Å². The first-order valence-electron chi connectivity index (χ1n) is 8.61. The minimum atomic E-state index is -0.489. The summed E-state index contributed by atoms with van der Waals surface area (Å²) in [6.07, 6.45) is 0.740. The zero-order valence-corrected chi connectivity index (χ0v) is 15.7. The Kier molecular flexibility index (Phi) is 4.81. The molecule has 0 aliphatic heterocycles. The van der Waals surface area contributed by atoms with Crippen LogP contribution in [0.4, 0.5) is 10.8 Å². The fourth-order valence-corrected chi connectivity index (χ4v) is 3.30. The van der Waals surface area contributed by atoms with Crippen LogP contribution >= 0.6 is 11.3 Å². The number of aryl methyl sites for hydroxylation is 1. The largest absolute Gasteiger partial charge is 0.492 e. The van der Waals surface area contributed by atoms with Gasteiger partial charge in [0.25, 0.3) is 5.13 Å². The Hall–Kier alpha value is -3.59. The van der Waals surface area contributed by atoms with Gasteiger partial charge in [0.1, 0.15) is 5.01 Å². The molecule has 0 fully saturated rings. The van der Waals surface area contributed by atoms with E-state index in [1.165, 1.54) is 20.7 Å². The van der Waals surface area contributed by atoms with Gasteiger partial charge in [-0.1, -0.05) is 54.7 Å². The summed E-state index contributed by atoms with van der Waals surface area (Å²) < 4.78 is 2.76. The highest BCUT2D eigenvalue weighted by Gasteiger charge is 2.22. The lowest BCUT2D eigenvalue weighted by molar-refractivity contribution is 0.426. The van der Waals surface area contributed by atoms with Gasteiger partial charge in [-0.15, -0.1) is 20.4 Å². The Labute approximate surface area is 164 Å². The van der Waals surface area contributed by atoms with E-state index in [-0.39, 0.29) is 11.6 Å². The van der Waals surface area contributed by atoms with Crippen LogP contribution in [0.15, 0.2) is 75.7 Å². The molecule has 8 nitrogen and oxygen atoms in total. The minimum Gasteiger partial charge on any atom is -0.492 e. The standard InChI is InChI=1S/C19H16N6O2S/c1-2-15-20-22-19(28-15)23-21-16-17(26)24(13-9-5-3-6-10-13)25(18(16)27)14-11-7-4-8-12-14/h3-12,26H,2H2,1H3. The number of rotatable bonds is 5. The summed E-state index contributed by atoms with van der Waals surface area (Å²) in [5.41, 5.74) is 0.557. The third kappa shape index (κ3) is 3.23. The smallest absolute Gasteiger partial charge is 0.303 e. The summed E-state index contributed by atoms with van der Waals surface area (Å²) in [5, 5.41) is 27.8. The van der Waals surface area contributed by atoms with Crippen molar-refractivity contribution in [3.8, 4) is 17.3 Å². The van der Waals surface area contributed by atoms with Crippen LogP contribution in [-0.2, 0) is 6.42 Å². The maximum absolute atomic E-state index is 13.1. The van der Waals surface area contributed by atoms with Crippen molar-refractivity contribution in [1.29, 1.82) is 0 Å². The summed E-state index contributed by atoms with van der Waals surface area (Å²) in [6, 6.07) is 18.1. The first kappa shape index (κ1) is 17.8. The van der Waals surface area contributed by atoms with Crippen molar-refractivity contribution in [1.82, 2.24) is 19.6 Å². The molecule has 0 aliphatic rings. The number of nitrogens with zero attached hydrogens (tertiary/aromatic N) is 6. The molecule has 0 atom stereocenters. The molecule has 0 bridgehead atoms. The number of benzene rings is 2. The molecule has 0 saturated carbocycles. The maximum Gasteiger partial charge on any atom is 0.303 e. The van der Waals surface area contributed by atoms with E-state index in [2.05, 4.69) is 20.4 Å². The molecule has 140 valence electrons. The minimum absolute atomic E-state index is 0.166. The van der Waals surface area contributed by atoms with Crippen LogP contribution < -0.4 is 5.56 Å². The average Bonchev–Trinajstić information content (AvgIpc) is 3.30. The predicted octanol–water partition coefficient (Wildman–Crippen LogP) is 4.16. The monoisotopic (exact) mass is 392 g/mol. The van der Waals surface area contributed by atoms with Crippen molar-refractivity contribution in [3.63, 3.8) is 0 Å². The quantitative estimate of drug-likeness (QED) is 0.516. The van der Waals surface area contributed by atoms with Crippen LogP contribution in [0.3, 0.4) is 0 Å². The van der Waals surface area contributed by atoms with Gasteiger partial charge in [-0.25, -0.2) is 9.36 Å². The van der Waals surface area contributed by atoms with E-state index in [4.69, 9.17) is 0 Å². The zero-order chi connectivity index (χ0) is 19.5. The summed E-state index contributed by atoms with van der Waals surface area (Å²) >= 11 is 1.29. The van der Waals surface area contributed by atoms with Crippen LogP contribution in [0.5, 0.6) is 5.88 Å². The molecule has 4 rings (SSSR count). The van der Waals surface area contributed by atoms with E-state index in [1.807, 2.05) is 43.3 Å². The van der Waals surface area contributed by atoms with Crippen molar-refractivity contribution in [2.75, 3.05) is 0 Å². The molecule has 0 unspecified atom stereocenters. The van der Waals surface area contributed by atoms with E-state index in [0.29, 0.717) is 16.5 Å². The number of hydrogen-bond acceptors (Lipinski definition) is 7. The summed E-state index contributed by atoms with van der Waals surface area (Å²) in [6.45, 7) is 1.96. The molecule has 0 spiro atoms. The van der Waals surface area contributed by atoms with Gasteiger partial charge >= 0.3 is 5.56 Å². The van der Waals surface area contributed by atoms with E-state index >= 15 is 0 Å². The van der Waals surface area contributed by atoms with Crippen LogP contribution in [0.2, 0.25) is 0 Å². The molecule has 0 radical (unpaired) electrons. The SMILES string of the molecule is CCc1nnc(N=Nc2c(O)n(-c3ccccc3)n(-c3ccccc3)c2=O)s1. The fraction of sp³-hybridized carbons (Fsp3) is 0.105. The normalized spacial score (nSPS) is 11.3. The van der Waals surface area contributed by atoms with Crippen molar-refractivity contribution < 1.29 is 5.11 Å². The second-order valence-corrected chi connectivity index (χ2v) is 6.84. The zero-order valence-electron chi connectivity index (χ0n) is 14.9. The van der Waals surface area contributed by atoms with Gasteiger partial charge in [0.15, 0.2) is 0 Å². The Morgan fingerprint density at radius 2 is 1.54 bits per heavy atom. The molecule has 9 heteroatoms. The number of azo groups is 1. The molecule has 2 heterocycles. The Morgan fingerprint density at radius 1 is 0.929 bits per heavy atom. The van der Waals surface area contributed by atoms with Crippen LogP contribution in [0, 0.1) is 0 Å². The molecule has 0 saturated heterocycles. The number of hydrogen-bond donors (Lipinski definition) is 1. The predicted molar refractivity (Wildman–Crippen MR) is 106 cm³/mol. The number of aromatic hydroxyl groups is 1. The lowest BCUT2D eigenvalue weighted by atomic mass is 10.3. The van der Waals surface area contributed by atoms with Gasteiger partial charge in [-0.05, 0) is 30.7 Å². The Morgan fingerprint density at radius 3 is 2.11 bits per heavy atom. The van der Waals surface area contributed by atoms with Gasteiger partial charge in [-0.3, -0.25) is 4.79 Å². The third-order valence-corrected chi connectivity index (χ3v) is 4.95. The third-order valence-electron chi connectivity index (χ3n) is 4.00. The highest BCUT2D eigenvalue weighted by molar-refractivity contribution is 7.14. The second kappa shape index (κ2) is 7.57. The average molecular weight is 392 g/mol. The second-order valence-electron chi connectivity index (χ2n) is 5.80. The highest BCUT2D eigenvalue weighted by atomic mass is 32.1. The van der Waals surface area contributed by atoms with Crippen LogP contribution in [0.1, 0.15) is 11.9 Å². The lowest BCUT2D eigenvalue weighted by Crippen LogP contribution is -2.20. The first-order chi connectivity index (χ1) is 13.7. The van der Waals surface area contributed by atoms with Crippen molar-refractivity contribution in [2.45, 2.75) is 13.3 Å². The van der Waals surface area contributed by atoms with Crippen molar-refractivity contribution >= 4 is 22.2 Å². The highest BCUT2D eigenvalue weighted by Crippen LogP contribution is 2.30. The topological polar surface area (TPSA) is 97.7 Å². The molecule has 28 heavy (non-hydrogen) atoms. The van der Waals surface area contributed by atoms with Crippen molar-refractivity contribution in [2.24, 2.45) is 10.2 Å². The maximum atomic E-state index is 13.1. The van der Waals surface area contributed by atoms with E-state index < -0.39 is 5.56 Å². The van der Waals surface area contributed by atoms with Crippen LogP contribution in [0.25, 0.3) is 11.4 Å². The number of para-hydroxylation sites is 2. The van der Waals surface area contributed by atoms with E-state index in [1.54, 1.807) is 24.3 Å². The Bertz CT molecular complexity index is 1180. The molecule has 2 aromatic heterocycles. The molecular formula is C19H16N6O2S. The van der Waals surface area contributed by atoms with Crippen molar-refractivity contribution in [3.05, 3.63) is 76.0 Å². The van der Waals surface area contributed by atoms with Gasteiger partial charge in [0.05, 0.1) is 11.4 Å². The lowest BCUT2D eigenvalue weighted by Gasteiger charge is -2.12. The number of aromatic nitrogens is 4. The molecular weight excluding hydrogens is 376 g/mol.